The Hall–Kier alpha value is -2.56. The van der Waals surface area contributed by atoms with Gasteiger partial charge in [-0.15, -0.1) is 0 Å². The van der Waals surface area contributed by atoms with E-state index in [4.69, 9.17) is 23.3 Å². The Kier molecular flexibility index (Phi) is 56.6. The summed E-state index contributed by atoms with van der Waals surface area (Å²) in [6.07, 6.45) is 63.6. The van der Waals surface area contributed by atoms with Crippen molar-refractivity contribution in [1.82, 2.24) is 0 Å². The third-order valence-electron chi connectivity index (χ3n) is 13.7. The van der Waals surface area contributed by atoms with Crippen LogP contribution in [0.4, 0.5) is 0 Å². The zero-order valence-electron chi connectivity index (χ0n) is 49.2. The molecule has 0 saturated carbocycles. The van der Waals surface area contributed by atoms with Crippen LogP contribution in [0.2, 0.25) is 0 Å². The molecule has 0 amide bonds. The Bertz CT molecular complexity index is 1460. The number of rotatable bonds is 59. The van der Waals surface area contributed by atoms with Crippen LogP contribution in [0.3, 0.4) is 0 Å². The van der Waals surface area contributed by atoms with E-state index in [9.17, 15) is 28.9 Å². The molecule has 0 aromatic carbocycles. The standard InChI is InChI=1S/C64H117O11P/c1-4-7-10-13-16-19-22-25-27-29-30-32-33-36-38-41-44-47-50-53-62(66)71-57-61(75-64(68)55-52-49-46-43-40-37-34-31-28-26-23-20-17-14-11-8-5-2)59-73-76(69,70)72-58-60(56-65)74-63(67)54-51-48-45-42-39-35-24-21-18-15-12-9-6-3/h9,12,18,21,25,27,35,39,60-61,65H,4-8,10-11,13-17,19-20,22-24,26,28-34,36-38,40-59H2,1-3H3,(H,69,70)/b12-9-,21-18-,27-25-,39-35-. The molecule has 0 aromatic rings. The van der Waals surface area contributed by atoms with Crippen molar-refractivity contribution in [3.05, 3.63) is 48.6 Å². The molecule has 3 atom stereocenters. The van der Waals surface area contributed by atoms with E-state index in [1.807, 2.05) is 0 Å². The highest BCUT2D eigenvalue weighted by atomic mass is 31.2. The van der Waals surface area contributed by atoms with E-state index in [1.54, 1.807) is 0 Å². The maximum absolute atomic E-state index is 12.9. The number of ether oxygens (including phenoxy) is 3. The van der Waals surface area contributed by atoms with Gasteiger partial charge in [0, 0.05) is 19.3 Å². The van der Waals surface area contributed by atoms with Crippen LogP contribution in [-0.2, 0) is 42.2 Å². The molecule has 0 aliphatic carbocycles. The Morgan fingerprint density at radius 3 is 1.08 bits per heavy atom. The molecule has 0 aromatic heterocycles. The van der Waals surface area contributed by atoms with Crippen molar-refractivity contribution >= 4 is 25.7 Å². The Morgan fingerprint density at radius 1 is 0.382 bits per heavy atom. The molecule has 0 bridgehead atoms. The summed E-state index contributed by atoms with van der Waals surface area (Å²) in [5, 5.41) is 9.82. The lowest BCUT2D eigenvalue weighted by Crippen LogP contribution is -2.30. The second-order valence-corrected chi connectivity index (χ2v) is 22.7. The Labute approximate surface area is 466 Å². The minimum Gasteiger partial charge on any atom is -0.462 e. The van der Waals surface area contributed by atoms with Gasteiger partial charge in [-0.05, 0) is 77.0 Å². The van der Waals surface area contributed by atoms with E-state index in [2.05, 4.69) is 69.4 Å². The average Bonchev–Trinajstić information content (AvgIpc) is 3.41. The van der Waals surface area contributed by atoms with Crippen molar-refractivity contribution in [3.63, 3.8) is 0 Å². The maximum atomic E-state index is 12.9. The molecule has 0 saturated heterocycles. The molecular weight excluding hydrogens is 976 g/mol. The number of phosphoric acid groups is 1. The number of hydrogen-bond donors (Lipinski definition) is 2. The largest absolute Gasteiger partial charge is 0.472 e. The Morgan fingerprint density at radius 2 is 0.684 bits per heavy atom. The molecule has 11 nitrogen and oxygen atoms in total. The molecule has 0 fully saturated rings. The summed E-state index contributed by atoms with van der Waals surface area (Å²) in [6, 6.07) is 0. The van der Waals surface area contributed by atoms with Gasteiger partial charge in [0.05, 0.1) is 19.8 Å². The third kappa shape index (κ3) is 56.2. The first kappa shape index (κ1) is 73.4. The lowest BCUT2D eigenvalue weighted by molar-refractivity contribution is -0.161. The van der Waals surface area contributed by atoms with Gasteiger partial charge >= 0.3 is 25.7 Å². The SMILES string of the molecule is CC/C=C\C/C=C\C/C=C\CCCCCC(=O)OC(CO)COP(=O)(O)OCC(COC(=O)CCCCCCCCCCC/C=C\CCCCCCCC)OC(=O)CCCCCCCCCCCCCCCCCCC. The average molecular weight is 1090 g/mol. The number of phosphoric ester groups is 1. The smallest absolute Gasteiger partial charge is 0.462 e. The maximum Gasteiger partial charge on any atom is 0.472 e. The number of aliphatic hydroxyl groups is 1. The summed E-state index contributed by atoms with van der Waals surface area (Å²) >= 11 is 0. The highest BCUT2D eigenvalue weighted by Crippen LogP contribution is 2.43. The number of esters is 3. The molecule has 0 heterocycles. The molecule has 76 heavy (non-hydrogen) atoms. The molecule has 3 unspecified atom stereocenters. The van der Waals surface area contributed by atoms with Crippen molar-refractivity contribution in [2.75, 3.05) is 26.4 Å². The summed E-state index contributed by atoms with van der Waals surface area (Å²) in [5.41, 5.74) is 0. The topological polar surface area (TPSA) is 155 Å². The number of carbonyl (C=O) groups excluding carboxylic acids is 3. The highest BCUT2D eigenvalue weighted by Gasteiger charge is 2.28. The first-order chi connectivity index (χ1) is 37.2. The Balaban J connectivity index is 4.69. The predicted octanol–water partition coefficient (Wildman–Crippen LogP) is 18.9. The van der Waals surface area contributed by atoms with Crippen molar-refractivity contribution in [2.45, 2.75) is 315 Å². The summed E-state index contributed by atoms with van der Waals surface area (Å²) in [4.78, 5) is 48.7. The lowest BCUT2D eigenvalue weighted by atomic mass is 10.0. The van der Waals surface area contributed by atoms with Gasteiger partial charge in [0.15, 0.2) is 6.10 Å². The number of allylic oxidation sites excluding steroid dienone is 8. The summed E-state index contributed by atoms with van der Waals surface area (Å²) < 4.78 is 39.6. The fraction of sp³-hybridized carbons (Fsp3) is 0.828. The molecule has 0 spiro atoms. The van der Waals surface area contributed by atoms with E-state index in [-0.39, 0.29) is 25.9 Å². The number of hydrogen-bond acceptors (Lipinski definition) is 10. The van der Waals surface area contributed by atoms with Crippen molar-refractivity contribution in [2.24, 2.45) is 0 Å². The molecular formula is C64H117O11P. The van der Waals surface area contributed by atoms with Gasteiger partial charge < -0.3 is 24.2 Å². The number of carbonyl (C=O) groups is 3. The van der Waals surface area contributed by atoms with E-state index < -0.39 is 57.8 Å². The van der Waals surface area contributed by atoms with Gasteiger partial charge in [-0.2, -0.15) is 0 Å². The van der Waals surface area contributed by atoms with Crippen LogP contribution in [0.25, 0.3) is 0 Å². The first-order valence-electron chi connectivity index (χ1n) is 31.5. The zero-order valence-corrected chi connectivity index (χ0v) is 50.1. The molecule has 444 valence electrons. The van der Waals surface area contributed by atoms with Crippen LogP contribution in [0.1, 0.15) is 303 Å². The predicted molar refractivity (Wildman–Crippen MR) is 316 cm³/mol. The van der Waals surface area contributed by atoms with Gasteiger partial charge in [0.2, 0.25) is 0 Å². The first-order valence-corrected chi connectivity index (χ1v) is 33.0. The second kappa shape index (κ2) is 58.6. The van der Waals surface area contributed by atoms with Crippen molar-refractivity contribution in [3.8, 4) is 0 Å². The molecule has 0 radical (unpaired) electrons. The van der Waals surface area contributed by atoms with Gasteiger partial charge in [-0.25, -0.2) is 4.57 Å². The van der Waals surface area contributed by atoms with E-state index in [0.717, 1.165) is 77.0 Å². The van der Waals surface area contributed by atoms with Crippen LogP contribution >= 0.6 is 7.82 Å². The van der Waals surface area contributed by atoms with E-state index in [0.29, 0.717) is 19.3 Å². The lowest BCUT2D eigenvalue weighted by Gasteiger charge is -2.21. The highest BCUT2D eigenvalue weighted by molar-refractivity contribution is 7.47. The van der Waals surface area contributed by atoms with Crippen molar-refractivity contribution in [1.29, 1.82) is 0 Å². The fourth-order valence-electron chi connectivity index (χ4n) is 8.96. The monoisotopic (exact) mass is 1090 g/mol. The van der Waals surface area contributed by atoms with Crippen LogP contribution in [-0.4, -0.2) is 66.5 Å². The zero-order chi connectivity index (χ0) is 55.5. The van der Waals surface area contributed by atoms with Crippen LogP contribution in [0.5, 0.6) is 0 Å². The fourth-order valence-corrected chi connectivity index (χ4v) is 9.74. The van der Waals surface area contributed by atoms with Gasteiger partial charge in [0.1, 0.15) is 12.7 Å². The molecule has 2 N–H and O–H groups in total. The third-order valence-corrected chi connectivity index (χ3v) is 14.7. The molecule has 12 heteroatoms. The van der Waals surface area contributed by atoms with Crippen LogP contribution in [0.15, 0.2) is 48.6 Å². The van der Waals surface area contributed by atoms with E-state index in [1.165, 1.54) is 167 Å². The van der Waals surface area contributed by atoms with Crippen LogP contribution in [0, 0.1) is 0 Å². The minimum atomic E-state index is -4.76. The quantitative estimate of drug-likeness (QED) is 0.0197. The van der Waals surface area contributed by atoms with Gasteiger partial charge in [-0.1, -0.05) is 256 Å². The summed E-state index contributed by atoms with van der Waals surface area (Å²) in [7, 11) is -4.76. The molecule has 0 aliphatic rings. The molecule has 0 aliphatic heterocycles. The molecule has 0 rings (SSSR count). The minimum absolute atomic E-state index is 0.144. The normalized spacial score (nSPS) is 13.6. The van der Waals surface area contributed by atoms with Crippen LogP contribution < -0.4 is 0 Å². The number of unbranched alkanes of at least 4 members (excludes halogenated alkanes) is 34. The van der Waals surface area contributed by atoms with Crippen molar-refractivity contribution < 1.29 is 52.2 Å². The van der Waals surface area contributed by atoms with Gasteiger partial charge in [0.25, 0.3) is 0 Å². The summed E-state index contributed by atoms with van der Waals surface area (Å²) in [6.45, 7) is 4.55. The second-order valence-electron chi connectivity index (χ2n) is 21.2. The van der Waals surface area contributed by atoms with Gasteiger partial charge in [-0.3, -0.25) is 23.4 Å². The number of aliphatic hydroxyl groups excluding tert-OH is 1. The summed E-state index contributed by atoms with van der Waals surface area (Å²) in [5.74, 6) is -1.48. The van der Waals surface area contributed by atoms with E-state index >= 15 is 0 Å².